The third-order valence-corrected chi connectivity index (χ3v) is 3.18. The van der Waals surface area contributed by atoms with Gasteiger partial charge in [-0.25, -0.2) is 0 Å². The van der Waals surface area contributed by atoms with Gasteiger partial charge in [-0.1, -0.05) is 30.3 Å². The molecule has 4 nitrogen and oxygen atoms in total. The zero-order valence-electron chi connectivity index (χ0n) is 10.7. The number of allylic oxidation sites excluding steroid dienone is 1. The molecule has 98 valence electrons. The van der Waals surface area contributed by atoms with Crippen LogP contribution in [0.15, 0.2) is 53.6 Å². The van der Waals surface area contributed by atoms with Gasteiger partial charge >= 0.3 is 0 Å². The molecule has 1 amide bonds. The molecular formula is C16H13N3O. The molecule has 2 aromatic rings. The maximum atomic E-state index is 11.1. The monoisotopic (exact) mass is 263 g/mol. The van der Waals surface area contributed by atoms with E-state index in [1.165, 1.54) is 0 Å². The highest BCUT2D eigenvalue weighted by atomic mass is 16.1. The first-order valence-corrected chi connectivity index (χ1v) is 6.24. The van der Waals surface area contributed by atoms with Gasteiger partial charge in [-0.2, -0.15) is 5.10 Å². The summed E-state index contributed by atoms with van der Waals surface area (Å²) in [6.07, 6.45) is 5.60. The first-order valence-electron chi connectivity index (χ1n) is 6.24. The summed E-state index contributed by atoms with van der Waals surface area (Å²) in [6.45, 7) is 0. The van der Waals surface area contributed by atoms with Crippen LogP contribution in [0.3, 0.4) is 0 Å². The lowest BCUT2D eigenvalue weighted by Gasteiger charge is -2.08. The molecule has 3 rings (SSSR count). The number of anilines is 1. The van der Waals surface area contributed by atoms with Crippen LogP contribution in [0.2, 0.25) is 0 Å². The number of nitrogens with zero attached hydrogens (tertiary/aromatic N) is 1. The lowest BCUT2D eigenvalue weighted by Crippen LogP contribution is -2.10. The van der Waals surface area contributed by atoms with Gasteiger partial charge in [0.05, 0.1) is 5.69 Å². The van der Waals surface area contributed by atoms with E-state index in [1.54, 1.807) is 18.3 Å². The predicted octanol–water partition coefficient (Wildman–Crippen LogP) is 2.88. The van der Waals surface area contributed by atoms with Gasteiger partial charge in [0, 0.05) is 11.8 Å². The van der Waals surface area contributed by atoms with Crippen molar-refractivity contribution in [2.24, 2.45) is 10.8 Å². The van der Waals surface area contributed by atoms with Crippen molar-refractivity contribution in [2.75, 3.05) is 5.43 Å². The van der Waals surface area contributed by atoms with Gasteiger partial charge in [-0.3, -0.25) is 10.2 Å². The summed E-state index contributed by atoms with van der Waals surface area (Å²) in [5.41, 5.74) is 12.9. The second kappa shape index (κ2) is 5.01. The van der Waals surface area contributed by atoms with Crippen LogP contribution in [0.4, 0.5) is 5.69 Å². The maximum absolute atomic E-state index is 11.1. The highest BCUT2D eigenvalue weighted by Crippen LogP contribution is 2.27. The van der Waals surface area contributed by atoms with Crippen molar-refractivity contribution in [3.05, 3.63) is 59.7 Å². The normalized spacial score (nSPS) is 12.4. The number of primary amides is 1. The summed E-state index contributed by atoms with van der Waals surface area (Å²) in [4.78, 5) is 11.1. The number of hydrogen-bond donors (Lipinski definition) is 2. The number of hydrogen-bond acceptors (Lipinski definition) is 3. The van der Waals surface area contributed by atoms with Crippen LogP contribution in [-0.2, 0) is 0 Å². The summed E-state index contributed by atoms with van der Waals surface area (Å²) < 4.78 is 0. The van der Waals surface area contributed by atoms with Crippen LogP contribution in [0.25, 0.3) is 17.2 Å². The molecule has 0 bridgehead atoms. The van der Waals surface area contributed by atoms with Gasteiger partial charge < -0.3 is 5.73 Å². The van der Waals surface area contributed by atoms with Crippen molar-refractivity contribution >= 4 is 23.9 Å². The number of carbonyl (C=O) groups excluding carboxylic acids is 1. The Kier molecular flexibility index (Phi) is 3.05. The van der Waals surface area contributed by atoms with Gasteiger partial charge in [0.15, 0.2) is 0 Å². The largest absolute Gasteiger partial charge is 0.366 e. The lowest BCUT2D eigenvalue weighted by molar-refractivity contribution is 0.100. The van der Waals surface area contributed by atoms with Crippen LogP contribution in [-0.4, -0.2) is 12.1 Å². The zero-order valence-corrected chi connectivity index (χ0v) is 10.7. The number of hydrazone groups is 1. The van der Waals surface area contributed by atoms with Crippen molar-refractivity contribution in [3.63, 3.8) is 0 Å². The standard InChI is InChI=1S/C16H13N3O/c17-16(20)13-6-3-11(4-7-13)14-8-5-12-2-1-9-18-19-15(12)10-14/h1-10,19H,(H2,17,20). The summed E-state index contributed by atoms with van der Waals surface area (Å²) in [7, 11) is 0. The summed E-state index contributed by atoms with van der Waals surface area (Å²) in [5, 5.41) is 4.06. The summed E-state index contributed by atoms with van der Waals surface area (Å²) in [5.74, 6) is -0.417. The van der Waals surface area contributed by atoms with Crippen molar-refractivity contribution in [3.8, 4) is 11.1 Å². The number of rotatable bonds is 2. The molecule has 0 spiro atoms. The van der Waals surface area contributed by atoms with Gasteiger partial charge in [0.25, 0.3) is 0 Å². The molecule has 0 saturated heterocycles. The third kappa shape index (κ3) is 2.31. The Morgan fingerprint density at radius 2 is 1.80 bits per heavy atom. The van der Waals surface area contributed by atoms with Gasteiger partial charge in [-0.15, -0.1) is 0 Å². The van der Waals surface area contributed by atoms with E-state index < -0.39 is 5.91 Å². The zero-order chi connectivity index (χ0) is 13.9. The molecule has 0 aliphatic carbocycles. The quantitative estimate of drug-likeness (QED) is 0.874. The molecule has 1 aliphatic heterocycles. The molecule has 0 fully saturated rings. The Bertz CT molecular complexity index is 715. The highest BCUT2D eigenvalue weighted by molar-refractivity contribution is 5.93. The first-order chi connectivity index (χ1) is 9.74. The minimum absolute atomic E-state index is 0.417. The molecule has 0 saturated carbocycles. The molecule has 4 heteroatoms. The van der Waals surface area contributed by atoms with Crippen molar-refractivity contribution in [1.82, 2.24) is 0 Å². The first kappa shape index (κ1) is 12.2. The Balaban J connectivity index is 1.98. The van der Waals surface area contributed by atoms with Crippen molar-refractivity contribution in [2.45, 2.75) is 0 Å². The molecule has 0 unspecified atom stereocenters. The van der Waals surface area contributed by atoms with E-state index in [-0.39, 0.29) is 0 Å². The topological polar surface area (TPSA) is 67.5 Å². The van der Waals surface area contributed by atoms with Crippen LogP contribution >= 0.6 is 0 Å². The number of benzene rings is 2. The average Bonchev–Trinajstić information content (AvgIpc) is 2.71. The summed E-state index contributed by atoms with van der Waals surface area (Å²) >= 11 is 0. The van der Waals surface area contributed by atoms with E-state index in [0.717, 1.165) is 22.4 Å². The van der Waals surface area contributed by atoms with Gasteiger partial charge in [-0.05, 0) is 41.0 Å². The molecule has 0 aromatic heterocycles. The van der Waals surface area contributed by atoms with Gasteiger partial charge in [0.1, 0.15) is 0 Å². The Morgan fingerprint density at radius 1 is 1.05 bits per heavy atom. The third-order valence-electron chi connectivity index (χ3n) is 3.18. The molecule has 3 N–H and O–H groups in total. The van der Waals surface area contributed by atoms with Crippen molar-refractivity contribution in [1.29, 1.82) is 0 Å². The Hall–Kier alpha value is -2.88. The minimum atomic E-state index is -0.417. The predicted molar refractivity (Wildman–Crippen MR) is 81.5 cm³/mol. The highest BCUT2D eigenvalue weighted by Gasteiger charge is 2.06. The van der Waals surface area contributed by atoms with E-state index in [9.17, 15) is 4.79 Å². The minimum Gasteiger partial charge on any atom is -0.366 e. The molecule has 20 heavy (non-hydrogen) atoms. The van der Waals surface area contributed by atoms with E-state index in [2.05, 4.69) is 10.5 Å². The number of carbonyl (C=O) groups is 1. The number of nitrogens with one attached hydrogen (secondary N) is 1. The number of fused-ring (bicyclic) bond motifs is 1. The van der Waals surface area contributed by atoms with E-state index in [0.29, 0.717) is 5.56 Å². The van der Waals surface area contributed by atoms with Gasteiger partial charge in [0.2, 0.25) is 5.91 Å². The Labute approximate surface area is 116 Å². The number of nitrogens with two attached hydrogens (primary N) is 1. The van der Waals surface area contributed by atoms with E-state index in [1.807, 2.05) is 42.5 Å². The molecule has 0 atom stereocenters. The fourth-order valence-electron chi connectivity index (χ4n) is 2.10. The second-order valence-corrected chi connectivity index (χ2v) is 4.49. The van der Waals surface area contributed by atoms with E-state index in [4.69, 9.17) is 5.73 Å². The number of amides is 1. The van der Waals surface area contributed by atoms with Crippen LogP contribution < -0.4 is 11.2 Å². The Morgan fingerprint density at radius 3 is 2.55 bits per heavy atom. The summed E-state index contributed by atoms with van der Waals surface area (Å²) in [6, 6.07) is 13.3. The molecular weight excluding hydrogens is 250 g/mol. The molecule has 1 aliphatic rings. The van der Waals surface area contributed by atoms with E-state index >= 15 is 0 Å². The SMILES string of the molecule is NC(=O)c1ccc(-c2ccc3c(c2)NN=CC=C3)cc1. The maximum Gasteiger partial charge on any atom is 0.248 e. The van der Waals surface area contributed by atoms with Crippen LogP contribution in [0.5, 0.6) is 0 Å². The molecule has 0 radical (unpaired) electrons. The smallest absolute Gasteiger partial charge is 0.248 e. The van der Waals surface area contributed by atoms with Crippen molar-refractivity contribution < 1.29 is 4.79 Å². The fraction of sp³-hybridized carbons (Fsp3) is 0. The molecule has 1 heterocycles. The lowest BCUT2D eigenvalue weighted by atomic mass is 10.0. The van der Waals surface area contributed by atoms with Crippen LogP contribution in [0, 0.1) is 0 Å². The fourth-order valence-corrected chi connectivity index (χ4v) is 2.10. The second-order valence-electron chi connectivity index (χ2n) is 4.49. The van der Waals surface area contributed by atoms with Crippen LogP contribution in [0.1, 0.15) is 15.9 Å². The average molecular weight is 263 g/mol. The molecule has 2 aromatic carbocycles.